The van der Waals surface area contributed by atoms with Crippen molar-refractivity contribution in [2.75, 3.05) is 5.73 Å². The molecule has 2 aromatic rings. The molecule has 0 spiro atoms. The Balaban J connectivity index is 2.68. The van der Waals surface area contributed by atoms with E-state index in [1.165, 1.54) is 0 Å². The third-order valence-electron chi connectivity index (χ3n) is 3.08. The van der Waals surface area contributed by atoms with Gasteiger partial charge in [0.1, 0.15) is 6.29 Å². The van der Waals surface area contributed by atoms with Crippen LogP contribution in [0.3, 0.4) is 0 Å². The molecule has 2 rings (SSSR count). The number of carbonyl (C=O) groups excluding carboxylic acids is 1. The average Bonchev–Trinajstić information content (AvgIpc) is 2.38. The summed E-state index contributed by atoms with van der Waals surface area (Å²) in [5, 5.41) is 0. The molecule has 1 aromatic carbocycles. The van der Waals surface area contributed by atoms with Gasteiger partial charge in [0.15, 0.2) is 0 Å². The highest BCUT2D eigenvalue weighted by Gasteiger charge is 2.16. The minimum absolute atomic E-state index is 0.256. The quantitative estimate of drug-likeness (QED) is 0.839. The van der Waals surface area contributed by atoms with Crippen molar-refractivity contribution < 1.29 is 4.79 Å². The van der Waals surface area contributed by atoms with E-state index in [9.17, 15) is 4.79 Å². The minimum Gasteiger partial charge on any atom is -0.398 e. The molecular formula is C15H16N2O. The van der Waals surface area contributed by atoms with Crippen LogP contribution in [0.2, 0.25) is 0 Å². The number of nitrogens with zero attached hydrogens (tertiary/aromatic N) is 1. The van der Waals surface area contributed by atoms with E-state index in [1.807, 2.05) is 38.1 Å². The lowest BCUT2D eigenvalue weighted by atomic mass is 9.93. The van der Waals surface area contributed by atoms with Crippen molar-refractivity contribution in [2.24, 2.45) is 0 Å². The van der Waals surface area contributed by atoms with Crippen LogP contribution < -0.4 is 5.73 Å². The van der Waals surface area contributed by atoms with E-state index >= 15 is 0 Å². The first-order chi connectivity index (χ1) is 8.65. The minimum atomic E-state index is -0.256. The van der Waals surface area contributed by atoms with E-state index in [1.54, 1.807) is 12.3 Å². The number of carbonyl (C=O) groups is 1. The van der Waals surface area contributed by atoms with Crippen LogP contribution in [0.5, 0.6) is 0 Å². The molecule has 0 aliphatic rings. The summed E-state index contributed by atoms with van der Waals surface area (Å²) in [4.78, 5) is 15.4. The first kappa shape index (κ1) is 12.3. The number of hydrogen-bond donors (Lipinski definition) is 1. The summed E-state index contributed by atoms with van der Waals surface area (Å²) in [5.74, 6) is -0.256. The number of pyridine rings is 1. The van der Waals surface area contributed by atoms with E-state index in [0.29, 0.717) is 5.69 Å². The normalized spacial score (nSPS) is 12.1. The topological polar surface area (TPSA) is 56.0 Å². The Morgan fingerprint density at radius 2 is 2.00 bits per heavy atom. The lowest BCUT2D eigenvalue weighted by Crippen LogP contribution is -2.05. The predicted octanol–water partition coefficient (Wildman–Crippen LogP) is 2.94. The Hall–Kier alpha value is -2.16. The molecule has 0 amide bonds. The number of aldehydes is 1. The van der Waals surface area contributed by atoms with E-state index in [4.69, 9.17) is 5.73 Å². The van der Waals surface area contributed by atoms with Crippen LogP contribution in [0, 0.1) is 6.92 Å². The second-order valence-electron chi connectivity index (χ2n) is 4.40. The van der Waals surface area contributed by atoms with Gasteiger partial charge in [-0.05, 0) is 18.6 Å². The maximum absolute atomic E-state index is 11.0. The average molecular weight is 240 g/mol. The largest absolute Gasteiger partial charge is 0.398 e. The molecule has 1 heterocycles. The molecular weight excluding hydrogens is 224 g/mol. The summed E-state index contributed by atoms with van der Waals surface area (Å²) < 4.78 is 0. The summed E-state index contributed by atoms with van der Waals surface area (Å²) in [6, 6.07) is 9.70. The third kappa shape index (κ3) is 2.12. The predicted molar refractivity (Wildman–Crippen MR) is 73.3 cm³/mol. The fourth-order valence-corrected chi connectivity index (χ4v) is 2.09. The molecule has 0 aliphatic heterocycles. The van der Waals surface area contributed by atoms with Crippen LogP contribution in [0.25, 0.3) is 11.3 Å². The Labute approximate surface area is 107 Å². The van der Waals surface area contributed by atoms with Gasteiger partial charge in [-0.1, -0.05) is 31.2 Å². The number of benzene rings is 1. The molecule has 3 heteroatoms. The number of aryl methyl sites for hydroxylation is 1. The number of aromatic nitrogens is 1. The summed E-state index contributed by atoms with van der Waals surface area (Å²) in [7, 11) is 0. The van der Waals surface area contributed by atoms with E-state index in [-0.39, 0.29) is 5.92 Å². The summed E-state index contributed by atoms with van der Waals surface area (Å²) in [5.41, 5.74) is 10.3. The fraction of sp³-hybridized carbons (Fsp3) is 0.200. The highest BCUT2D eigenvalue weighted by atomic mass is 16.1. The lowest BCUT2D eigenvalue weighted by molar-refractivity contribution is -0.108. The highest BCUT2D eigenvalue weighted by Crippen LogP contribution is 2.32. The van der Waals surface area contributed by atoms with Crippen molar-refractivity contribution in [2.45, 2.75) is 19.8 Å². The second kappa shape index (κ2) is 5.00. The molecule has 1 atom stereocenters. The Morgan fingerprint density at radius 3 is 2.67 bits per heavy atom. The van der Waals surface area contributed by atoms with E-state index < -0.39 is 0 Å². The maximum Gasteiger partial charge on any atom is 0.127 e. The Kier molecular flexibility index (Phi) is 3.42. The van der Waals surface area contributed by atoms with Crippen molar-refractivity contribution in [1.29, 1.82) is 0 Å². The van der Waals surface area contributed by atoms with Gasteiger partial charge < -0.3 is 10.5 Å². The van der Waals surface area contributed by atoms with E-state index in [2.05, 4.69) is 4.98 Å². The molecule has 1 aromatic heterocycles. The van der Waals surface area contributed by atoms with Crippen molar-refractivity contribution in [1.82, 2.24) is 4.98 Å². The fourth-order valence-electron chi connectivity index (χ4n) is 2.09. The molecule has 92 valence electrons. The number of hydrogen-bond acceptors (Lipinski definition) is 3. The first-order valence-electron chi connectivity index (χ1n) is 5.90. The molecule has 0 saturated heterocycles. The van der Waals surface area contributed by atoms with Crippen LogP contribution in [-0.2, 0) is 4.79 Å². The number of rotatable bonds is 3. The van der Waals surface area contributed by atoms with Crippen LogP contribution >= 0.6 is 0 Å². The van der Waals surface area contributed by atoms with Crippen molar-refractivity contribution in [3.8, 4) is 11.3 Å². The first-order valence-corrected chi connectivity index (χ1v) is 5.90. The van der Waals surface area contributed by atoms with Gasteiger partial charge >= 0.3 is 0 Å². The van der Waals surface area contributed by atoms with Gasteiger partial charge in [0, 0.05) is 28.9 Å². The monoisotopic (exact) mass is 240 g/mol. The molecule has 3 nitrogen and oxygen atoms in total. The summed E-state index contributed by atoms with van der Waals surface area (Å²) >= 11 is 0. The van der Waals surface area contributed by atoms with Crippen molar-refractivity contribution in [3.05, 3.63) is 47.7 Å². The van der Waals surface area contributed by atoms with Crippen LogP contribution in [-0.4, -0.2) is 11.3 Å². The summed E-state index contributed by atoms with van der Waals surface area (Å²) in [6.45, 7) is 3.86. The van der Waals surface area contributed by atoms with E-state index in [0.717, 1.165) is 28.7 Å². The van der Waals surface area contributed by atoms with Crippen molar-refractivity contribution >= 4 is 12.0 Å². The smallest absolute Gasteiger partial charge is 0.127 e. The van der Waals surface area contributed by atoms with Gasteiger partial charge in [-0.2, -0.15) is 0 Å². The number of anilines is 1. The molecule has 0 radical (unpaired) electrons. The van der Waals surface area contributed by atoms with Crippen LogP contribution in [0.1, 0.15) is 24.0 Å². The zero-order chi connectivity index (χ0) is 13.1. The van der Waals surface area contributed by atoms with Gasteiger partial charge in [0.2, 0.25) is 0 Å². The molecule has 1 unspecified atom stereocenters. The number of nitrogens with two attached hydrogens (primary N) is 1. The van der Waals surface area contributed by atoms with Crippen molar-refractivity contribution in [3.63, 3.8) is 0 Å². The zero-order valence-corrected chi connectivity index (χ0v) is 10.6. The van der Waals surface area contributed by atoms with Gasteiger partial charge in [-0.3, -0.25) is 4.98 Å². The molecule has 2 N–H and O–H groups in total. The standard InChI is InChI=1S/C15H16N2O/c1-10-5-3-4-6-12(10)15-14(11(2)9-18)13(16)7-8-17-15/h3-9,11H,1-2H3,(H2,16,17). The Bertz CT molecular complexity index is 578. The molecule has 0 fully saturated rings. The van der Waals surface area contributed by atoms with Gasteiger partial charge in [0.05, 0.1) is 5.69 Å². The molecule has 0 aliphatic carbocycles. The lowest BCUT2D eigenvalue weighted by Gasteiger charge is -2.15. The number of nitrogen functional groups attached to an aromatic ring is 1. The third-order valence-corrected chi connectivity index (χ3v) is 3.08. The van der Waals surface area contributed by atoms with Gasteiger partial charge in [-0.15, -0.1) is 0 Å². The zero-order valence-electron chi connectivity index (χ0n) is 10.6. The summed E-state index contributed by atoms with van der Waals surface area (Å²) in [6.07, 6.45) is 2.58. The molecule has 0 bridgehead atoms. The Morgan fingerprint density at radius 1 is 1.28 bits per heavy atom. The maximum atomic E-state index is 11.0. The second-order valence-corrected chi connectivity index (χ2v) is 4.40. The van der Waals surface area contributed by atoms with Gasteiger partial charge in [0.25, 0.3) is 0 Å². The molecule has 0 saturated carbocycles. The van der Waals surface area contributed by atoms with Crippen LogP contribution in [0.4, 0.5) is 5.69 Å². The van der Waals surface area contributed by atoms with Gasteiger partial charge in [-0.25, -0.2) is 0 Å². The van der Waals surface area contributed by atoms with Crippen LogP contribution in [0.15, 0.2) is 36.5 Å². The SMILES string of the molecule is Cc1ccccc1-c1nccc(N)c1C(C)C=O. The highest BCUT2D eigenvalue weighted by molar-refractivity contribution is 5.78. The molecule has 18 heavy (non-hydrogen) atoms.